The van der Waals surface area contributed by atoms with Gasteiger partial charge in [-0.25, -0.2) is 0 Å². The van der Waals surface area contributed by atoms with E-state index in [1.54, 1.807) is 0 Å². The number of aromatic nitrogens is 1. The molecule has 1 nitrogen and oxygen atoms in total. The van der Waals surface area contributed by atoms with E-state index in [1.165, 1.54) is 16.6 Å². The summed E-state index contributed by atoms with van der Waals surface area (Å²) >= 11 is 0. The Kier molecular flexibility index (Phi) is 0.830. The predicted molar refractivity (Wildman–Crippen MR) is 50.4 cm³/mol. The fourth-order valence-corrected chi connectivity index (χ4v) is 2.07. The molecule has 0 saturated carbocycles. The lowest BCUT2D eigenvalue weighted by Gasteiger charge is -2.02. The van der Waals surface area contributed by atoms with Crippen LogP contribution in [0.15, 0.2) is 30.3 Å². The third kappa shape index (κ3) is 0.523. The van der Waals surface area contributed by atoms with Crippen molar-refractivity contribution in [2.24, 2.45) is 0 Å². The van der Waals surface area contributed by atoms with Crippen molar-refractivity contribution in [2.45, 2.75) is 19.4 Å². The van der Waals surface area contributed by atoms with Crippen molar-refractivity contribution in [3.63, 3.8) is 0 Å². The molecule has 0 bridgehead atoms. The Morgan fingerprint density at radius 3 is 2.75 bits per heavy atom. The first-order valence-corrected chi connectivity index (χ1v) is 4.33. The van der Waals surface area contributed by atoms with Crippen LogP contribution in [0.2, 0.25) is 0 Å². The van der Waals surface area contributed by atoms with Crippen molar-refractivity contribution in [1.29, 1.82) is 0 Å². The van der Waals surface area contributed by atoms with E-state index in [-0.39, 0.29) is 0 Å². The maximum atomic E-state index is 2.39. The summed E-state index contributed by atoms with van der Waals surface area (Å²) < 4.78 is 2.39. The number of nitrogens with zero attached hydrogens (tertiary/aromatic N) is 1. The van der Waals surface area contributed by atoms with Crippen LogP contribution in [0, 0.1) is 0 Å². The van der Waals surface area contributed by atoms with Gasteiger partial charge in [-0.15, -0.1) is 0 Å². The molecule has 1 aliphatic heterocycles. The van der Waals surface area contributed by atoms with E-state index in [1.807, 2.05) is 0 Å². The molecule has 3 rings (SSSR count). The van der Waals surface area contributed by atoms with Gasteiger partial charge in [-0.05, 0) is 31.4 Å². The molecule has 2 heterocycles. The quantitative estimate of drug-likeness (QED) is 0.554. The standard InChI is InChI=1S/C11H11N/c1-11(2)10-7-8-5-3-4-6-9(8)12(10)11/h3-7H,1-2H3. The maximum Gasteiger partial charge on any atom is 0.0795 e. The van der Waals surface area contributed by atoms with Gasteiger partial charge in [0.1, 0.15) is 0 Å². The highest BCUT2D eigenvalue weighted by atomic mass is 15.2. The third-order valence-corrected chi connectivity index (χ3v) is 2.85. The fourth-order valence-electron chi connectivity index (χ4n) is 2.07. The van der Waals surface area contributed by atoms with Gasteiger partial charge in [-0.3, -0.25) is 0 Å². The number of rotatable bonds is 0. The van der Waals surface area contributed by atoms with Crippen LogP contribution < -0.4 is 0 Å². The molecule has 0 atom stereocenters. The van der Waals surface area contributed by atoms with Crippen molar-refractivity contribution < 1.29 is 0 Å². The summed E-state index contributed by atoms with van der Waals surface area (Å²) in [6.45, 7) is 4.52. The van der Waals surface area contributed by atoms with E-state index in [0.29, 0.717) is 5.54 Å². The predicted octanol–water partition coefficient (Wildman–Crippen LogP) is 2.74. The smallest absolute Gasteiger partial charge is 0.0795 e. The highest BCUT2D eigenvalue weighted by Gasteiger charge is 2.42. The highest BCUT2D eigenvalue weighted by molar-refractivity contribution is 5.85. The Hall–Kier alpha value is -1.24. The molecule has 1 aromatic carbocycles. The molecule has 60 valence electrons. The van der Waals surface area contributed by atoms with Crippen LogP contribution in [0.25, 0.3) is 10.9 Å². The van der Waals surface area contributed by atoms with Gasteiger partial charge in [-0.1, -0.05) is 18.2 Å². The molecule has 12 heavy (non-hydrogen) atoms. The van der Waals surface area contributed by atoms with Crippen molar-refractivity contribution in [3.8, 4) is 0 Å². The molecular weight excluding hydrogens is 146 g/mol. The zero-order valence-corrected chi connectivity index (χ0v) is 7.33. The molecule has 1 aromatic heterocycles. The number of benzene rings is 1. The second-order valence-electron chi connectivity index (χ2n) is 3.98. The van der Waals surface area contributed by atoms with Crippen molar-refractivity contribution in [2.75, 3.05) is 0 Å². The topological polar surface area (TPSA) is 4.93 Å². The molecule has 2 aromatic rings. The average molecular weight is 157 g/mol. The molecule has 0 spiro atoms. The lowest BCUT2D eigenvalue weighted by atomic mass is 10.1. The Bertz CT molecular complexity index is 463. The van der Waals surface area contributed by atoms with Crippen molar-refractivity contribution >= 4 is 10.9 Å². The largest absolute Gasteiger partial charge is 0.331 e. The average Bonchev–Trinajstić information content (AvgIpc) is 2.46. The Labute approximate surface area is 71.6 Å². The highest BCUT2D eigenvalue weighted by Crippen LogP contribution is 2.45. The Balaban J connectivity index is 2.42. The molecule has 1 heteroatoms. The van der Waals surface area contributed by atoms with E-state index in [0.717, 1.165) is 0 Å². The number of fused-ring (bicyclic) bond motifs is 3. The summed E-state index contributed by atoms with van der Waals surface area (Å²) in [5.41, 5.74) is 3.13. The Morgan fingerprint density at radius 1 is 1.17 bits per heavy atom. The van der Waals surface area contributed by atoms with Gasteiger partial charge in [0, 0.05) is 11.2 Å². The van der Waals surface area contributed by atoms with Crippen LogP contribution in [0.1, 0.15) is 19.5 Å². The SMILES string of the molecule is CC1(C)c2cc3ccccc3n21. The molecule has 1 aliphatic rings. The van der Waals surface area contributed by atoms with Crippen LogP contribution >= 0.6 is 0 Å². The molecule has 0 N–H and O–H groups in total. The molecule has 0 saturated heterocycles. The second-order valence-corrected chi connectivity index (χ2v) is 3.98. The van der Waals surface area contributed by atoms with E-state index < -0.39 is 0 Å². The van der Waals surface area contributed by atoms with Crippen LogP contribution in [-0.2, 0) is 5.54 Å². The van der Waals surface area contributed by atoms with E-state index in [2.05, 4.69) is 48.7 Å². The zero-order chi connectivity index (χ0) is 8.34. The normalized spacial score (nSPS) is 17.8. The molecule has 0 amide bonds. The number of hydrogen-bond acceptors (Lipinski definition) is 0. The minimum absolute atomic E-state index is 0.300. The summed E-state index contributed by atoms with van der Waals surface area (Å²) in [5.74, 6) is 0. The van der Waals surface area contributed by atoms with Crippen LogP contribution in [0.4, 0.5) is 0 Å². The number of hydrogen-bond donors (Lipinski definition) is 0. The summed E-state index contributed by atoms with van der Waals surface area (Å²) in [5, 5.41) is 1.37. The van der Waals surface area contributed by atoms with Gasteiger partial charge in [0.05, 0.1) is 5.54 Å². The lowest BCUT2D eigenvalue weighted by molar-refractivity contribution is 0.663. The summed E-state index contributed by atoms with van der Waals surface area (Å²) in [7, 11) is 0. The summed E-state index contributed by atoms with van der Waals surface area (Å²) in [6.07, 6.45) is 0. The zero-order valence-electron chi connectivity index (χ0n) is 7.33. The van der Waals surface area contributed by atoms with E-state index in [9.17, 15) is 0 Å². The van der Waals surface area contributed by atoms with Gasteiger partial charge in [-0.2, -0.15) is 0 Å². The maximum absolute atomic E-state index is 2.39. The first kappa shape index (κ1) is 6.30. The van der Waals surface area contributed by atoms with Crippen molar-refractivity contribution in [1.82, 2.24) is 4.57 Å². The minimum atomic E-state index is 0.300. The summed E-state index contributed by atoms with van der Waals surface area (Å²) in [6, 6.07) is 10.8. The second kappa shape index (κ2) is 1.58. The van der Waals surface area contributed by atoms with Crippen LogP contribution in [-0.4, -0.2) is 4.57 Å². The van der Waals surface area contributed by atoms with Gasteiger partial charge in [0.2, 0.25) is 0 Å². The van der Waals surface area contributed by atoms with E-state index in [4.69, 9.17) is 0 Å². The molecule has 0 aliphatic carbocycles. The molecular formula is C11H11N. The lowest BCUT2D eigenvalue weighted by Crippen LogP contribution is -1.99. The third-order valence-electron chi connectivity index (χ3n) is 2.85. The van der Waals surface area contributed by atoms with E-state index >= 15 is 0 Å². The summed E-state index contributed by atoms with van der Waals surface area (Å²) in [4.78, 5) is 0. The first-order chi connectivity index (χ1) is 5.71. The molecule has 0 radical (unpaired) electrons. The van der Waals surface area contributed by atoms with Gasteiger partial charge >= 0.3 is 0 Å². The first-order valence-electron chi connectivity index (χ1n) is 4.33. The molecule has 0 fully saturated rings. The van der Waals surface area contributed by atoms with Crippen molar-refractivity contribution in [3.05, 3.63) is 36.0 Å². The number of para-hydroxylation sites is 1. The Morgan fingerprint density at radius 2 is 1.92 bits per heavy atom. The minimum Gasteiger partial charge on any atom is -0.331 e. The van der Waals surface area contributed by atoms with Crippen LogP contribution in [0.3, 0.4) is 0 Å². The van der Waals surface area contributed by atoms with Gasteiger partial charge in [0.15, 0.2) is 0 Å². The van der Waals surface area contributed by atoms with Crippen LogP contribution in [0.5, 0.6) is 0 Å². The monoisotopic (exact) mass is 157 g/mol. The fraction of sp³-hybridized carbons (Fsp3) is 0.273. The van der Waals surface area contributed by atoms with Gasteiger partial charge in [0.25, 0.3) is 0 Å². The molecule has 0 unspecified atom stereocenters. The van der Waals surface area contributed by atoms with Gasteiger partial charge < -0.3 is 4.57 Å².